The Morgan fingerprint density at radius 3 is 2.42 bits per heavy atom. The minimum absolute atomic E-state index is 0.0354. The van der Waals surface area contributed by atoms with Crippen molar-refractivity contribution in [2.24, 2.45) is 0 Å². The molecule has 1 heterocycles. The van der Waals surface area contributed by atoms with E-state index in [0.29, 0.717) is 26.6 Å². The Hall–Kier alpha value is -2.47. The van der Waals surface area contributed by atoms with Crippen molar-refractivity contribution in [3.8, 4) is 0 Å². The summed E-state index contributed by atoms with van der Waals surface area (Å²) < 4.78 is 5.07. The van der Waals surface area contributed by atoms with Crippen LogP contribution in [0.5, 0.6) is 0 Å². The number of hydrogen-bond acceptors (Lipinski definition) is 6. The number of carbonyl (C=O) groups is 3. The summed E-state index contributed by atoms with van der Waals surface area (Å²) in [5.41, 5.74) is 1.50. The van der Waals surface area contributed by atoms with Crippen molar-refractivity contribution in [3.05, 3.63) is 51.9 Å². The average molecular weight is 345 g/mol. The highest BCUT2D eigenvalue weighted by Crippen LogP contribution is 2.34. The molecule has 0 amide bonds. The molecule has 0 saturated heterocycles. The van der Waals surface area contributed by atoms with Gasteiger partial charge in [-0.1, -0.05) is 30.3 Å². The van der Waals surface area contributed by atoms with E-state index in [-0.39, 0.29) is 24.7 Å². The zero-order chi connectivity index (χ0) is 17.7. The minimum atomic E-state index is -0.492. The van der Waals surface area contributed by atoms with Crippen molar-refractivity contribution in [2.45, 2.75) is 20.8 Å². The Bertz CT molecular complexity index is 765. The third-order valence-electron chi connectivity index (χ3n) is 3.45. The van der Waals surface area contributed by atoms with Crippen molar-refractivity contribution in [1.82, 2.24) is 0 Å². The number of carbonyl (C=O) groups excluding carboxylic acids is 3. The summed E-state index contributed by atoms with van der Waals surface area (Å²) >= 11 is 1.17. The van der Waals surface area contributed by atoms with Crippen LogP contribution in [0.4, 0.5) is 5.00 Å². The van der Waals surface area contributed by atoms with E-state index in [0.717, 1.165) is 0 Å². The van der Waals surface area contributed by atoms with Gasteiger partial charge in [-0.2, -0.15) is 0 Å². The van der Waals surface area contributed by atoms with Crippen molar-refractivity contribution in [2.75, 3.05) is 18.5 Å². The third kappa shape index (κ3) is 3.89. The highest BCUT2D eigenvalue weighted by atomic mass is 32.1. The van der Waals surface area contributed by atoms with Crippen molar-refractivity contribution < 1.29 is 19.1 Å². The summed E-state index contributed by atoms with van der Waals surface area (Å²) in [6.07, 6.45) is 0. The molecular weight excluding hydrogens is 326 g/mol. The topological polar surface area (TPSA) is 72.5 Å². The van der Waals surface area contributed by atoms with Crippen molar-refractivity contribution in [1.29, 1.82) is 0 Å². The second-order valence-electron chi connectivity index (χ2n) is 5.18. The summed E-state index contributed by atoms with van der Waals surface area (Å²) in [6, 6.07) is 8.89. The third-order valence-corrected chi connectivity index (χ3v) is 4.80. The molecule has 126 valence electrons. The molecule has 0 aliphatic rings. The molecule has 2 aromatic rings. The lowest BCUT2D eigenvalue weighted by molar-refractivity contribution is 0.0527. The molecule has 1 aromatic carbocycles. The van der Waals surface area contributed by atoms with E-state index < -0.39 is 5.97 Å². The van der Waals surface area contributed by atoms with Crippen LogP contribution in [0.25, 0.3) is 0 Å². The molecule has 0 bridgehead atoms. The van der Waals surface area contributed by atoms with Gasteiger partial charge in [-0.15, -0.1) is 11.3 Å². The van der Waals surface area contributed by atoms with Gasteiger partial charge in [0.25, 0.3) is 0 Å². The summed E-state index contributed by atoms with van der Waals surface area (Å²) in [5, 5.41) is 3.47. The van der Waals surface area contributed by atoms with E-state index in [9.17, 15) is 14.4 Å². The van der Waals surface area contributed by atoms with Gasteiger partial charge < -0.3 is 10.1 Å². The van der Waals surface area contributed by atoms with Crippen LogP contribution in [0.2, 0.25) is 0 Å². The quantitative estimate of drug-likeness (QED) is 0.611. The number of ketones is 2. The van der Waals surface area contributed by atoms with Crippen LogP contribution < -0.4 is 5.32 Å². The molecular formula is C18H19NO4S. The number of hydrogen-bond donors (Lipinski definition) is 1. The van der Waals surface area contributed by atoms with Gasteiger partial charge in [-0.05, 0) is 26.3 Å². The molecule has 0 saturated carbocycles. The molecule has 6 heteroatoms. The van der Waals surface area contributed by atoms with Gasteiger partial charge in [0.05, 0.1) is 23.6 Å². The maximum atomic E-state index is 12.2. The van der Waals surface area contributed by atoms with Gasteiger partial charge in [0.1, 0.15) is 5.00 Å². The Morgan fingerprint density at radius 1 is 1.17 bits per heavy atom. The normalized spacial score (nSPS) is 10.3. The van der Waals surface area contributed by atoms with E-state index in [1.165, 1.54) is 18.3 Å². The standard InChI is InChI=1S/C18H19NO4S/c1-4-23-18(22)15-11(2)16(12(3)20)24-17(15)19-10-14(21)13-8-6-5-7-9-13/h5-9,19H,4,10H2,1-3H3. The zero-order valence-corrected chi connectivity index (χ0v) is 14.7. The number of thiophene rings is 1. The first-order valence-corrected chi connectivity index (χ1v) is 8.40. The molecule has 2 rings (SSSR count). The van der Waals surface area contributed by atoms with Crippen LogP contribution >= 0.6 is 11.3 Å². The molecule has 0 unspecified atom stereocenters. The number of rotatable bonds is 7. The van der Waals surface area contributed by atoms with Gasteiger partial charge in [0.15, 0.2) is 11.6 Å². The Balaban J connectivity index is 2.25. The van der Waals surface area contributed by atoms with Crippen LogP contribution in [0.15, 0.2) is 30.3 Å². The Kier molecular flexibility index (Phi) is 5.87. The highest BCUT2D eigenvalue weighted by Gasteiger charge is 2.24. The summed E-state index contributed by atoms with van der Waals surface area (Å²) in [7, 11) is 0. The lowest BCUT2D eigenvalue weighted by Crippen LogP contribution is -2.15. The number of benzene rings is 1. The first-order chi connectivity index (χ1) is 11.5. The molecule has 1 aromatic heterocycles. The lowest BCUT2D eigenvalue weighted by Gasteiger charge is -2.07. The van der Waals surface area contributed by atoms with Crippen molar-refractivity contribution >= 4 is 33.9 Å². The summed E-state index contributed by atoms with van der Waals surface area (Å²) in [4.78, 5) is 36.6. The van der Waals surface area contributed by atoms with Gasteiger partial charge in [0.2, 0.25) is 0 Å². The average Bonchev–Trinajstić information content (AvgIpc) is 2.90. The monoisotopic (exact) mass is 345 g/mol. The fourth-order valence-corrected chi connectivity index (χ4v) is 3.40. The number of Topliss-reactive ketones (excluding diaryl/α,β-unsaturated/α-hetero) is 2. The van der Waals surface area contributed by atoms with Crippen LogP contribution in [0.3, 0.4) is 0 Å². The summed E-state index contributed by atoms with van der Waals surface area (Å²) in [5.74, 6) is -0.709. The molecule has 5 nitrogen and oxygen atoms in total. The number of ether oxygens (including phenoxy) is 1. The number of anilines is 1. The predicted octanol–water partition coefficient (Wildman–Crippen LogP) is 3.73. The predicted molar refractivity (Wildman–Crippen MR) is 94.3 cm³/mol. The Morgan fingerprint density at radius 2 is 1.83 bits per heavy atom. The largest absolute Gasteiger partial charge is 0.462 e. The smallest absolute Gasteiger partial charge is 0.341 e. The minimum Gasteiger partial charge on any atom is -0.462 e. The van der Waals surface area contributed by atoms with Crippen molar-refractivity contribution in [3.63, 3.8) is 0 Å². The fourth-order valence-electron chi connectivity index (χ4n) is 2.31. The van der Waals surface area contributed by atoms with Gasteiger partial charge in [-0.3, -0.25) is 9.59 Å². The highest BCUT2D eigenvalue weighted by molar-refractivity contribution is 7.18. The number of esters is 1. The lowest BCUT2D eigenvalue weighted by atomic mass is 10.1. The van der Waals surface area contributed by atoms with E-state index in [1.54, 1.807) is 38.1 Å². The van der Waals surface area contributed by atoms with Gasteiger partial charge >= 0.3 is 5.97 Å². The van der Waals surface area contributed by atoms with E-state index in [2.05, 4.69) is 5.32 Å². The second-order valence-corrected chi connectivity index (χ2v) is 6.20. The van der Waals surface area contributed by atoms with E-state index >= 15 is 0 Å². The fraction of sp³-hybridized carbons (Fsp3) is 0.278. The second kappa shape index (κ2) is 7.88. The Labute approximate surface area is 144 Å². The molecule has 24 heavy (non-hydrogen) atoms. The number of nitrogens with one attached hydrogen (secondary N) is 1. The van der Waals surface area contributed by atoms with Crippen LogP contribution in [-0.4, -0.2) is 30.7 Å². The van der Waals surface area contributed by atoms with Crippen LogP contribution in [-0.2, 0) is 4.74 Å². The molecule has 0 aliphatic heterocycles. The van der Waals surface area contributed by atoms with Gasteiger partial charge in [0, 0.05) is 5.56 Å². The maximum absolute atomic E-state index is 12.2. The SMILES string of the molecule is CCOC(=O)c1c(NCC(=O)c2ccccc2)sc(C(C)=O)c1C. The molecule has 0 spiro atoms. The first kappa shape index (κ1) is 17.9. The molecule has 0 atom stereocenters. The maximum Gasteiger partial charge on any atom is 0.341 e. The first-order valence-electron chi connectivity index (χ1n) is 7.59. The molecule has 0 radical (unpaired) electrons. The molecule has 0 aliphatic carbocycles. The molecule has 0 fully saturated rings. The summed E-state index contributed by atoms with van der Waals surface area (Å²) in [6.45, 7) is 5.16. The van der Waals surface area contributed by atoms with Gasteiger partial charge in [-0.25, -0.2) is 4.79 Å². The van der Waals surface area contributed by atoms with E-state index in [4.69, 9.17) is 4.74 Å². The molecule has 1 N–H and O–H groups in total. The van der Waals surface area contributed by atoms with Crippen LogP contribution in [0, 0.1) is 6.92 Å². The van der Waals surface area contributed by atoms with E-state index in [1.807, 2.05) is 6.07 Å². The van der Waals surface area contributed by atoms with Crippen LogP contribution in [0.1, 0.15) is 49.8 Å². The zero-order valence-electron chi connectivity index (χ0n) is 13.8.